The molecule has 0 spiro atoms. The van der Waals surface area contributed by atoms with E-state index in [0.717, 1.165) is 21.0 Å². The summed E-state index contributed by atoms with van der Waals surface area (Å²) in [5, 5.41) is 41.0. The highest BCUT2D eigenvalue weighted by atomic mass is 32.1. The topological polar surface area (TPSA) is 90.2 Å². The average Bonchev–Trinajstić information content (AvgIpc) is 3.08. The van der Waals surface area contributed by atoms with Gasteiger partial charge in [-0.2, -0.15) is 0 Å². The first-order valence-electron chi connectivity index (χ1n) is 9.07. The van der Waals surface area contributed by atoms with Gasteiger partial charge >= 0.3 is 0 Å². The van der Waals surface area contributed by atoms with E-state index in [9.17, 15) is 24.8 Å². The third-order valence-electron chi connectivity index (χ3n) is 5.09. The number of benzene rings is 2. The van der Waals surface area contributed by atoms with Crippen LogP contribution in [0.3, 0.4) is 0 Å². The second-order valence-corrected chi connectivity index (χ2v) is 8.25. The van der Waals surface area contributed by atoms with Crippen molar-refractivity contribution < 1.29 is 29.6 Å². The summed E-state index contributed by atoms with van der Waals surface area (Å²) in [4.78, 5) is 0.968. The van der Waals surface area contributed by atoms with Gasteiger partial charge in [-0.25, -0.2) is 4.39 Å². The number of phenols is 1. The van der Waals surface area contributed by atoms with Gasteiger partial charge in [0, 0.05) is 34.0 Å². The highest BCUT2D eigenvalue weighted by Crippen LogP contribution is 2.38. The predicted molar refractivity (Wildman–Crippen MR) is 104 cm³/mol. The Balaban J connectivity index is 1.67. The lowest BCUT2D eigenvalue weighted by Crippen LogP contribution is -2.44. The van der Waals surface area contributed by atoms with Crippen molar-refractivity contribution in [2.45, 2.75) is 37.3 Å². The van der Waals surface area contributed by atoms with Gasteiger partial charge in [0.05, 0.1) is 18.8 Å². The van der Waals surface area contributed by atoms with Crippen molar-refractivity contribution in [3.63, 3.8) is 0 Å². The molecule has 5 nitrogen and oxygen atoms in total. The Bertz CT molecular complexity index is 955. The maximum atomic E-state index is 14.5. The van der Waals surface area contributed by atoms with E-state index in [1.165, 1.54) is 6.07 Å². The fourth-order valence-electron chi connectivity index (χ4n) is 3.63. The molecule has 4 atom stereocenters. The van der Waals surface area contributed by atoms with Crippen LogP contribution >= 0.6 is 11.3 Å². The number of aliphatic hydroxyl groups excluding tert-OH is 3. The molecule has 3 aromatic rings. The first-order chi connectivity index (χ1) is 13.5. The van der Waals surface area contributed by atoms with Crippen LogP contribution in [0.15, 0.2) is 42.5 Å². The van der Waals surface area contributed by atoms with Crippen LogP contribution in [-0.4, -0.2) is 45.3 Å². The van der Waals surface area contributed by atoms with Gasteiger partial charge in [-0.05, 0) is 29.1 Å². The number of hydrogen-bond donors (Lipinski definition) is 4. The minimum Gasteiger partial charge on any atom is -0.507 e. The first kappa shape index (κ1) is 19.3. The average molecular weight is 404 g/mol. The monoisotopic (exact) mass is 404 g/mol. The fourth-order valence-corrected chi connectivity index (χ4v) is 4.72. The summed E-state index contributed by atoms with van der Waals surface area (Å²) >= 11 is 1.57. The normalized spacial score (nSPS) is 25.3. The molecule has 0 saturated carbocycles. The molecule has 0 aliphatic carbocycles. The number of phenolic OH excluding ortho intramolecular Hbond substituents is 1. The largest absolute Gasteiger partial charge is 0.507 e. The molecule has 0 bridgehead atoms. The van der Waals surface area contributed by atoms with E-state index in [1.54, 1.807) is 11.3 Å². The Labute approximate surface area is 165 Å². The Morgan fingerprint density at radius 2 is 1.93 bits per heavy atom. The molecule has 28 heavy (non-hydrogen) atoms. The van der Waals surface area contributed by atoms with E-state index in [-0.39, 0.29) is 24.3 Å². The SMILES string of the molecule is OCC1CC(O)C(O)C(c2cc(Cc3cc4ccccc4s3)c(F)cc2O)O1. The summed E-state index contributed by atoms with van der Waals surface area (Å²) in [7, 11) is 0. The number of ether oxygens (including phenoxy) is 1. The number of aromatic hydroxyl groups is 1. The lowest BCUT2D eigenvalue weighted by Gasteiger charge is -2.37. The Kier molecular flexibility index (Phi) is 5.35. The molecule has 1 aliphatic rings. The van der Waals surface area contributed by atoms with E-state index < -0.39 is 30.2 Å². The molecule has 1 aromatic heterocycles. The molecule has 2 aromatic carbocycles. The molecule has 4 unspecified atom stereocenters. The standard InChI is InChI=1S/C21H21FO5S/c22-16-9-17(24)15(21-20(26)18(25)8-13(10-23)27-21)7-12(16)6-14-5-11-3-1-2-4-19(11)28-14/h1-5,7,9,13,18,20-21,23-26H,6,8,10H2. The van der Waals surface area contributed by atoms with Crippen molar-refractivity contribution in [2.24, 2.45) is 0 Å². The van der Waals surface area contributed by atoms with Gasteiger partial charge in [-0.15, -0.1) is 11.3 Å². The maximum absolute atomic E-state index is 14.5. The Hall–Kier alpha value is -2.03. The quantitative estimate of drug-likeness (QED) is 0.537. The van der Waals surface area contributed by atoms with Crippen molar-refractivity contribution >= 4 is 21.4 Å². The number of fused-ring (bicyclic) bond motifs is 1. The number of thiophene rings is 1. The molecule has 1 fully saturated rings. The number of rotatable bonds is 4. The van der Waals surface area contributed by atoms with Gasteiger partial charge in [-0.3, -0.25) is 0 Å². The van der Waals surface area contributed by atoms with Crippen LogP contribution < -0.4 is 0 Å². The first-order valence-corrected chi connectivity index (χ1v) is 9.89. The summed E-state index contributed by atoms with van der Waals surface area (Å²) < 4.78 is 21.3. The Morgan fingerprint density at radius 3 is 2.68 bits per heavy atom. The van der Waals surface area contributed by atoms with E-state index in [4.69, 9.17) is 4.74 Å². The van der Waals surface area contributed by atoms with Crippen molar-refractivity contribution in [1.82, 2.24) is 0 Å². The van der Waals surface area contributed by atoms with Crippen molar-refractivity contribution in [1.29, 1.82) is 0 Å². The van der Waals surface area contributed by atoms with Gasteiger partial charge < -0.3 is 25.2 Å². The zero-order valence-electron chi connectivity index (χ0n) is 15.0. The third kappa shape index (κ3) is 3.64. The lowest BCUT2D eigenvalue weighted by molar-refractivity contribution is -0.180. The highest BCUT2D eigenvalue weighted by molar-refractivity contribution is 7.19. The molecular formula is C21H21FO5S. The minimum absolute atomic E-state index is 0.0881. The molecule has 7 heteroatoms. The second-order valence-electron chi connectivity index (χ2n) is 7.08. The van der Waals surface area contributed by atoms with E-state index in [0.29, 0.717) is 12.0 Å². The molecule has 4 rings (SSSR count). The van der Waals surface area contributed by atoms with Crippen molar-refractivity contribution in [2.75, 3.05) is 6.61 Å². The maximum Gasteiger partial charge on any atom is 0.130 e. The van der Waals surface area contributed by atoms with Crippen LogP contribution in [0.2, 0.25) is 0 Å². The van der Waals surface area contributed by atoms with Crippen molar-refractivity contribution in [3.05, 3.63) is 64.3 Å². The summed E-state index contributed by atoms with van der Waals surface area (Å²) in [5.74, 6) is -0.907. The highest BCUT2D eigenvalue weighted by Gasteiger charge is 2.38. The van der Waals surface area contributed by atoms with Crippen LogP contribution in [0.1, 0.15) is 28.5 Å². The molecule has 4 N–H and O–H groups in total. The van der Waals surface area contributed by atoms with Gasteiger partial charge in [0.25, 0.3) is 0 Å². The predicted octanol–water partition coefficient (Wildman–Crippen LogP) is 2.88. The smallest absolute Gasteiger partial charge is 0.130 e. The Morgan fingerprint density at radius 1 is 1.14 bits per heavy atom. The molecule has 0 radical (unpaired) electrons. The van der Waals surface area contributed by atoms with E-state index in [1.807, 2.05) is 30.3 Å². The molecule has 1 saturated heterocycles. The fraction of sp³-hybridized carbons (Fsp3) is 0.333. The number of halogens is 1. The van der Waals surface area contributed by atoms with Crippen LogP contribution in [-0.2, 0) is 11.2 Å². The summed E-state index contributed by atoms with van der Waals surface area (Å²) in [6, 6.07) is 12.4. The summed E-state index contributed by atoms with van der Waals surface area (Å²) in [6.07, 6.45) is -3.69. The van der Waals surface area contributed by atoms with Gasteiger partial charge in [0.15, 0.2) is 0 Å². The zero-order chi connectivity index (χ0) is 19.8. The van der Waals surface area contributed by atoms with Crippen LogP contribution in [0.5, 0.6) is 5.75 Å². The van der Waals surface area contributed by atoms with Crippen LogP contribution in [0.4, 0.5) is 4.39 Å². The second kappa shape index (κ2) is 7.77. The van der Waals surface area contributed by atoms with E-state index in [2.05, 4.69) is 0 Å². The zero-order valence-corrected chi connectivity index (χ0v) is 15.8. The molecule has 148 valence electrons. The molecular weight excluding hydrogens is 383 g/mol. The van der Waals surface area contributed by atoms with Crippen LogP contribution in [0, 0.1) is 5.82 Å². The number of aliphatic hydroxyl groups is 3. The summed E-state index contributed by atoms with van der Waals surface area (Å²) in [6.45, 7) is -0.323. The molecule has 1 aliphatic heterocycles. The van der Waals surface area contributed by atoms with Gasteiger partial charge in [0.1, 0.15) is 23.8 Å². The minimum atomic E-state index is -1.28. The summed E-state index contributed by atoms with van der Waals surface area (Å²) in [5.41, 5.74) is 0.554. The molecule has 2 heterocycles. The van der Waals surface area contributed by atoms with Crippen molar-refractivity contribution in [3.8, 4) is 5.75 Å². The lowest BCUT2D eigenvalue weighted by atomic mass is 9.91. The van der Waals surface area contributed by atoms with Gasteiger partial charge in [0.2, 0.25) is 0 Å². The molecule has 0 amide bonds. The van der Waals surface area contributed by atoms with Crippen LogP contribution in [0.25, 0.3) is 10.1 Å². The third-order valence-corrected chi connectivity index (χ3v) is 6.21. The van der Waals surface area contributed by atoms with Gasteiger partial charge in [-0.1, -0.05) is 18.2 Å². The van der Waals surface area contributed by atoms with E-state index >= 15 is 0 Å². The number of hydrogen-bond acceptors (Lipinski definition) is 6.